The molecule has 1 heterocycles. The minimum Gasteiger partial charge on any atom is -0.372 e. The standard InChI is InChI=1S/C39H40N2S/c1-23(2)30-17-12-18-31(24(3)4)37(30)41-38(35-26(6)19-25(5)20-27(35)7)39-40-34(22-42-39)36-32-15-10-8-13-28(32)21-29-14-9-11-16-33(29)36/h8-24,38,41H,1-7H3. The van der Waals surface area contributed by atoms with E-state index in [9.17, 15) is 0 Å². The van der Waals surface area contributed by atoms with Crippen LogP contribution in [0.15, 0.2) is 90.3 Å². The largest absolute Gasteiger partial charge is 0.372 e. The fourth-order valence-electron chi connectivity index (χ4n) is 6.59. The van der Waals surface area contributed by atoms with Crippen molar-refractivity contribution in [3.63, 3.8) is 0 Å². The molecular weight excluding hydrogens is 529 g/mol. The van der Waals surface area contributed by atoms with Crippen LogP contribution in [0.2, 0.25) is 0 Å². The Hall–Kier alpha value is -3.95. The SMILES string of the molecule is Cc1cc(C)c(C(Nc2c(C(C)C)cccc2C(C)C)c2nc(-c3c4ccccc4cc4ccccc34)cs2)c(C)c1. The number of hydrogen-bond donors (Lipinski definition) is 1. The summed E-state index contributed by atoms with van der Waals surface area (Å²) in [5, 5.41) is 12.4. The Balaban J connectivity index is 1.57. The minimum atomic E-state index is -0.0667. The highest BCUT2D eigenvalue weighted by Gasteiger charge is 2.26. The molecule has 212 valence electrons. The molecular formula is C39H40N2S. The fourth-order valence-corrected chi connectivity index (χ4v) is 7.46. The van der Waals surface area contributed by atoms with E-state index in [4.69, 9.17) is 4.98 Å². The number of aryl methyl sites for hydroxylation is 3. The molecule has 1 unspecified atom stereocenters. The highest BCUT2D eigenvalue weighted by atomic mass is 32.1. The van der Waals surface area contributed by atoms with E-state index in [1.165, 1.54) is 66.2 Å². The van der Waals surface area contributed by atoms with Crippen molar-refractivity contribution >= 4 is 38.6 Å². The van der Waals surface area contributed by atoms with Gasteiger partial charge in [0.15, 0.2) is 0 Å². The van der Waals surface area contributed by atoms with Gasteiger partial charge in [-0.2, -0.15) is 0 Å². The lowest BCUT2D eigenvalue weighted by molar-refractivity contribution is 0.816. The molecule has 6 aromatic rings. The molecule has 0 aliphatic rings. The van der Waals surface area contributed by atoms with Gasteiger partial charge in [-0.1, -0.05) is 112 Å². The molecule has 0 aliphatic carbocycles. The molecule has 3 heteroatoms. The van der Waals surface area contributed by atoms with Crippen LogP contribution in [0.25, 0.3) is 32.8 Å². The summed E-state index contributed by atoms with van der Waals surface area (Å²) < 4.78 is 0. The van der Waals surface area contributed by atoms with Crippen molar-refractivity contribution in [3.05, 3.63) is 129 Å². The number of benzene rings is 5. The predicted molar refractivity (Wildman–Crippen MR) is 183 cm³/mol. The van der Waals surface area contributed by atoms with Gasteiger partial charge in [-0.25, -0.2) is 4.98 Å². The van der Waals surface area contributed by atoms with Gasteiger partial charge in [-0.05, 0) is 88.0 Å². The smallest absolute Gasteiger partial charge is 0.120 e. The normalized spacial score (nSPS) is 12.5. The van der Waals surface area contributed by atoms with Crippen molar-refractivity contribution in [2.45, 2.75) is 66.3 Å². The Bertz CT molecular complexity index is 1810. The third-order valence-electron chi connectivity index (χ3n) is 8.48. The van der Waals surface area contributed by atoms with Gasteiger partial charge in [0.1, 0.15) is 11.0 Å². The van der Waals surface area contributed by atoms with Crippen LogP contribution in [0.1, 0.15) is 84.0 Å². The number of nitrogens with one attached hydrogen (secondary N) is 1. The number of rotatable bonds is 7. The lowest BCUT2D eigenvalue weighted by atomic mass is 9.90. The Labute approximate surface area is 254 Å². The highest BCUT2D eigenvalue weighted by molar-refractivity contribution is 7.10. The number of anilines is 1. The molecule has 0 saturated carbocycles. The van der Waals surface area contributed by atoms with Gasteiger partial charge in [0.2, 0.25) is 0 Å². The number of aromatic nitrogens is 1. The molecule has 2 nitrogen and oxygen atoms in total. The minimum absolute atomic E-state index is 0.0667. The molecule has 0 bridgehead atoms. The van der Waals surface area contributed by atoms with E-state index in [0.717, 1.165) is 10.7 Å². The van der Waals surface area contributed by atoms with Crippen LogP contribution in [0.5, 0.6) is 0 Å². The molecule has 1 N–H and O–H groups in total. The van der Waals surface area contributed by atoms with Gasteiger partial charge in [0.05, 0.1) is 5.69 Å². The molecule has 0 fully saturated rings. The van der Waals surface area contributed by atoms with E-state index in [2.05, 4.69) is 144 Å². The second-order valence-electron chi connectivity index (χ2n) is 12.3. The van der Waals surface area contributed by atoms with E-state index >= 15 is 0 Å². The first-order valence-corrected chi connectivity index (χ1v) is 15.9. The van der Waals surface area contributed by atoms with E-state index in [1.807, 2.05) is 0 Å². The maximum absolute atomic E-state index is 5.46. The Kier molecular flexibility index (Phi) is 7.64. The predicted octanol–water partition coefficient (Wildman–Crippen LogP) is 11.5. The summed E-state index contributed by atoms with van der Waals surface area (Å²) in [4.78, 5) is 5.46. The van der Waals surface area contributed by atoms with Crippen molar-refractivity contribution in [2.75, 3.05) is 5.32 Å². The zero-order chi connectivity index (χ0) is 29.5. The molecule has 0 radical (unpaired) electrons. The van der Waals surface area contributed by atoms with Gasteiger partial charge in [-0.3, -0.25) is 0 Å². The molecule has 5 aromatic carbocycles. The van der Waals surface area contributed by atoms with Gasteiger partial charge in [0, 0.05) is 16.6 Å². The molecule has 6 rings (SSSR count). The lowest BCUT2D eigenvalue weighted by Crippen LogP contribution is -2.18. The zero-order valence-corrected chi connectivity index (χ0v) is 26.6. The summed E-state index contributed by atoms with van der Waals surface area (Å²) in [6, 6.07) is 31.0. The second kappa shape index (κ2) is 11.4. The van der Waals surface area contributed by atoms with E-state index in [1.54, 1.807) is 11.3 Å². The summed E-state index contributed by atoms with van der Waals surface area (Å²) in [5.74, 6) is 0.807. The second-order valence-corrected chi connectivity index (χ2v) is 13.2. The fraction of sp³-hybridized carbons (Fsp3) is 0.256. The average Bonchev–Trinajstić information content (AvgIpc) is 3.44. The zero-order valence-electron chi connectivity index (χ0n) is 25.7. The number of para-hydroxylation sites is 1. The summed E-state index contributed by atoms with van der Waals surface area (Å²) >= 11 is 1.76. The third kappa shape index (κ3) is 5.12. The average molecular weight is 569 g/mol. The van der Waals surface area contributed by atoms with E-state index in [0.29, 0.717) is 11.8 Å². The summed E-state index contributed by atoms with van der Waals surface area (Å²) in [6.45, 7) is 15.8. The van der Waals surface area contributed by atoms with Gasteiger partial charge >= 0.3 is 0 Å². The molecule has 42 heavy (non-hydrogen) atoms. The first kappa shape index (κ1) is 28.2. The van der Waals surface area contributed by atoms with Gasteiger partial charge in [-0.15, -0.1) is 11.3 Å². The molecule has 0 spiro atoms. The van der Waals surface area contributed by atoms with Crippen LogP contribution in [-0.4, -0.2) is 4.98 Å². The maximum Gasteiger partial charge on any atom is 0.120 e. The number of thiazole rings is 1. The number of nitrogens with zero attached hydrogens (tertiary/aromatic N) is 1. The lowest BCUT2D eigenvalue weighted by Gasteiger charge is -2.28. The van der Waals surface area contributed by atoms with Crippen LogP contribution in [0.4, 0.5) is 5.69 Å². The first-order valence-electron chi connectivity index (χ1n) is 15.1. The third-order valence-corrected chi connectivity index (χ3v) is 9.39. The van der Waals surface area contributed by atoms with Crippen LogP contribution in [0, 0.1) is 20.8 Å². The van der Waals surface area contributed by atoms with Crippen molar-refractivity contribution in [3.8, 4) is 11.3 Å². The Morgan fingerprint density at radius 3 is 1.76 bits per heavy atom. The summed E-state index contributed by atoms with van der Waals surface area (Å²) in [6.07, 6.45) is 0. The summed E-state index contributed by atoms with van der Waals surface area (Å²) in [7, 11) is 0. The number of fused-ring (bicyclic) bond motifs is 2. The molecule has 0 saturated heterocycles. The number of hydrogen-bond acceptors (Lipinski definition) is 3. The van der Waals surface area contributed by atoms with Crippen molar-refractivity contribution in [1.29, 1.82) is 0 Å². The van der Waals surface area contributed by atoms with Gasteiger partial charge in [0.25, 0.3) is 0 Å². The molecule has 0 amide bonds. The van der Waals surface area contributed by atoms with Crippen molar-refractivity contribution in [1.82, 2.24) is 4.98 Å². The van der Waals surface area contributed by atoms with Crippen molar-refractivity contribution in [2.24, 2.45) is 0 Å². The molecule has 1 atom stereocenters. The van der Waals surface area contributed by atoms with Gasteiger partial charge < -0.3 is 5.32 Å². The van der Waals surface area contributed by atoms with E-state index in [-0.39, 0.29) is 6.04 Å². The molecule has 0 aliphatic heterocycles. The van der Waals surface area contributed by atoms with Crippen LogP contribution in [0.3, 0.4) is 0 Å². The van der Waals surface area contributed by atoms with Crippen LogP contribution >= 0.6 is 11.3 Å². The summed E-state index contributed by atoms with van der Waals surface area (Å²) in [5.41, 5.74) is 11.4. The Morgan fingerprint density at radius 1 is 0.667 bits per heavy atom. The Morgan fingerprint density at radius 2 is 1.21 bits per heavy atom. The maximum atomic E-state index is 5.46. The monoisotopic (exact) mass is 568 g/mol. The van der Waals surface area contributed by atoms with Crippen molar-refractivity contribution < 1.29 is 0 Å². The topological polar surface area (TPSA) is 24.9 Å². The van der Waals surface area contributed by atoms with E-state index < -0.39 is 0 Å². The van der Waals surface area contributed by atoms with Crippen LogP contribution < -0.4 is 5.32 Å². The quantitative estimate of drug-likeness (QED) is 0.194. The van der Waals surface area contributed by atoms with Crippen LogP contribution in [-0.2, 0) is 0 Å². The molecule has 1 aromatic heterocycles. The highest BCUT2D eigenvalue weighted by Crippen LogP contribution is 2.42. The first-order chi connectivity index (χ1) is 20.2.